The van der Waals surface area contributed by atoms with Crippen LogP contribution in [0.1, 0.15) is 30.7 Å². The molecule has 1 atom stereocenters. The van der Waals surface area contributed by atoms with Crippen LogP contribution in [0.15, 0.2) is 29.6 Å². The summed E-state index contributed by atoms with van der Waals surface area (Å²) in [6.45, 7) is 3.86. The van der Waals surface area contributed by atoms with E-state index in [2.05, 4.69) is 15.0 Å². The number of aromatic nitrogens is 3. The van der Waals surface area contributed by atoms with Crippen LogP contribution in [0, 0.1) is 6.92 Å². The molecule has 4 rings (SSSR count). The Balaban J connectivity index is 0.00000240. The molecule has 0 spiro atoms. The van der Waals surface area contributed by atoms with E-state index in [0.29, 0.717) is 25.0 Å². The van der Waals surface area contributed by atoms with Crippen LogP contribution in [0.3, 0.4) is 0 Å². The number of hydrogen-bond acceptors (Lipinski definition) is 6. The molecule has 1 N–H and O–H groups in total. The molecule has 29 heavy (non-hydrogen) atoms. The lowest BCUT2D eigenvalue weighted by molar-refractivity contribution is 0.172. The van der Waals surface area contributed by atoms with Gasteiger partial charge in [-0.2, -0.15) is 0 Å². The van der Waals surface area contributed by atoms with Crippen LogP contribution in [-0.2, 0) is 27.7 Å². The molecule has 2 aromatic heterocycles. The molecule has 0 amide bonds. The Labute approximate surface area is 173 Å². The van der Waals surface area contributed by atoms with Crippen molar-refractivity contribution in [1.82, 2.24) is 15.0 Å². The van der Waals surface area contributed by atoms with Gasteiger partial charge >= 0.3 is 0 Å². The predicted octanol–water partition coefficient (Wildman–Crippen LogP) is 3.56. The highest BCUT2D eigenvalue weighted by molar-refractivity contribution is 7.84. The molecule has 0 saturated heterocycles. The van der Waals surface area contributed by atoms with E-state index in [1.54, 1.807) is 13.3 Å². The Bertz CT molecular complexity index is 978. The molecule has 156 valence electrons. The molecule has 0 aliphatic carbocycles. The van der Waals surface area contributed by atoms with Crippen LogP contribution in [0.4, 0.5) is 0 Å². The minimum Gasteiger partial charge on any atom is -0.493 e. The molecule has 3 heterocycles. The van der Waals surface area contributed by atoms with Gasteiger partial charge in [-0.05, 0) is 24.6 Å². The molecule has 3 aromatic rings. The number of nitrogens with zero attached hydrogens (tertiary/aromatic N) is 2. The van der Waals surface area contributed by atoms with Gasteiger partial charge in [-0.3, -0.25) is 9.19 Å². The second kappa shape index (κ2) is 9.37. The van der Waals surface area contributed by atoms with Crippen LogP contribution < -0.4 is 9.47 Å². The largest absolute Gasteiger partial charge is 0.493 e. The molecule has 1 aromatic carbocycles. The number of H-pyrrole nitrogens is 1. The first kappa shape index (κ1) is 21.3. The van der Waals surface area contributed by atoms with E-state index < -0.39 is 10.8 Å². The van der Waals surface area contributed by atoms with Gasteiger partial charge < -0.3 is 19.2 Å². The maximum Gasteiger partial charge on any atom is 0.197 e. The van der Waals surface area contributed by atoms with Gasteiger partial charge in [0.1, 0.15) is 11.5 Å². The van der Waals surface area contributed by atoms with Crippen molar-refractivity contribution in [2.24, 2.45) is 0 Å². The summed E-state index contributed by atoms with van der Waals surface area (Å²) in [5.41, 5.74) is 4.45. The van der Waals surface area contributed by atoms with Gasteiger partial charge in [-0.25, -0.2) is 4.98 Å². The summed E-state index contributed by atoms with van der Waals surface area (Å²) >= 11 is 0. The van der Waals surface area contributed by atoms with Crippen LogP contribution in [0.25, 0.3) is 11.0 Å². The van der Waals surface area contributed by atoms with Crippen LogP contribution in [0.2, 0.25) is 0 Å². The fourth-order valence-corrected chi connectivity index (χ4v) is 4.31. The van der Waals surface area contributed by atoms with Crippen LogP contribution in [0.5, 0.6) is 11.5 Å². The molecular weight excluding hydrogens is 390 g/mol. The van der Waals surface area contributed by atoms with Crippen molar-refractivity contribution in [2.45, 2.75) is 38.1 Å². The zero-order valence-corrected chi connectivity index (χ0v) is 16.8. The monoisotopic (exact) mass is 417 g/mol. The molecular formula is C21H27N3O4S. The second-order valence-electron chi connectivity index (χ2n) is 6.68. The normalized spacial score (nSPS) is 13.6. The molecule has 8 heteroatoms. The summed E-state index contributed by atoms with van der Waals surface area (Å²) in [6, 6.07) is 5.77. The first-order valence-corrected chi connectivity index (χ1v) is 10.6. The van der Waals surface area contributed by atoms with Crippen molar-refractivity contribution < 1.29 is 18.4 Å². The van der Waals surface area contributed by atoms with Crippen molar-refractivity contribution in [3.05, 3.63) is 41.2 Å². The van der Waals surface area contributed by atoms with E-state index in [0.717, 1.165) is 52.2 Å². The highest BCUT2D eigenvalue weighted by atomic mass is 32.2. The van der Waals surface area contributed by atoms with Gasteiger partial charge in [0.15, 0.2) is 5.16 Å². The lowest BCUT2D eigenvalue weighted by Crippen LogP contribution is -2.06. The summed E-state index contributed by atoms with van der Waals surface area (Å²) in [5, 5.41) is 0.450. The number of rotatable bonds is 8. The lowest BCUT2D eigenvalue weighted by Gasteiger charge is -2.11. The first-order valence-electron chi connectivity index (χ1n) is 9.25. The van der Waals surface area contributed by atoms with E-state index in [1.165, 1.54) is 0 Å². The fraction of sp³-hybridized carbons (Fsp3) is 0.429. The predicted molar refractivity (Wildman–Crippen MR) is 113 cm³/mol. The van der Waals surface area contributed by atoms with E-state index in [1.807, 2.05) is 25.1 Å². The van der Waals surface area contributed by atoms with Crippen LogP contribution >= 0.6 is 0 Å². The van der Waals surface area contributed by atoms with Crippen molar-refractivity contribution in [3.63, 3.8) is 0 Å². The molecule has 0 bridgehead atoms. The number of methoxy groups -OCH3 is 1. The van der Waals surface area contributed by atoms with E-state index in [-0.39, 0.29) is 13.2 Å². The summed E-state index contributed by atoms with van der Waals surface area (Å²) in [7, 11) is 0.333. The molecule has 0 fully saturated rings. The number of ether oxygens (including phenoxy) is 3. The van der Waals surface area contributed by atoms with Gasteiger partial charge in [-0.15, -0.1) is 0 Å². The number of hydrogen-bond donors (Lipinski definition) is 1. The number of fused-ring (bicyclic) bond motifs is 2. The van der Waals surface area contributed by atoms with Crippen molar-refractivity contribution >= 4 is 21.8 Å². The fourth-order valence-electron chi connectivity index (χ4n) is 3.21. The molecule has 1 aliphatic rings. The topological polar surface area (TPSA) is 86.3 Å². The van der Waals surface area contributed by atoms with E-state index in [4.69, 9.17) is 14.2 Å². The third-order valence-corrected chi connectivity index (χ3v) is 5.92. The Morgan fingerprint density at radius 1 is 1.31 bits per heavy atom. The van der Waals surface area contributed by atoms with Crippen LogP contribution in [-0.4, -0.2) is 46.1 Å². The number of aromatic amines is 1. The highest BCUT2D eigenvalue weighted by Crippen LogP contribution is 2.30. The highest BCUT2D eigenvalue weighted by Gasteiger charge is 2.18. The maximum atomic E-state index is 12.9. The quantitative estimate of drug-likeness (QED) is 0.564. The van der Waals surface area contributed by atoms with Crippen molar-refractivity contribution in [2.75, 3.05) is 26.9 Å². The number of imidazole rings is 1. The zero-order valence-electron chi connectivity index (χ0n) is 16.0. The van der Waals surface area contributed by atoms with Gasteiger partial charge in [0, 0.05) is 44.4 Å². The van der Waals surface area contributed by atoms with E-state index >= 15 is 0 Å². The summed E-state index contributed by atoms with van der Waals surface area (Å²) in [4.78, 5) is 12.1. The molecule has 1 aliphatic heterocycles. The van der Waals surface area contributed by atoms with Gasteiger partial charge in [0.2, 0.25) is 0 Å². The zero-order chi connectivity index (χ0) is 19.5. The summed E-state index contributed by atoms with van der Waals surface area (Å²) in [5.74, 6) is 1.90. The van der Waals surface area contributed by atoms with Gasteiger partial charge in [0.05, 0.1) is 46.5 Å². The van der Waals surface area contributed by atoms with Gasteiger partial charge in [-0.1, -0.05) is 7.43 Å². The number of nitrogens with one attached hydrogen (secondary N) is 1. The standard InChI is InChI=1S/C20H23N3O4S.CH4/c1-13-17(21-6-4-18(13)26-8-3-7-25-2)12-28(24)20-22-15-10-14-5-9-27-19(14)11-16(15)23-20;/h4,6,10-11H,3,5,7-9,12H2,1-2H3,(H,22,23);1H4. The second-order valence-corrected chi connectivity index (χ2v) is 8.05. The SMILES string of the molecule is C.COCCCOc1ccnc(CS(=O)c2nc3cc4c(cc3[nH]2)CCO4)c1C. The minimum atomic E-state index is -1.34. The molecule has 7 nitrogen and oxygen atoms in total. The summed E-state index contributed by atoms with van der Waals surface area (Å²) < 4.78 is 29.3. The average Bonchev–Trinajstić information content (AvgIpc) is 3.31. The smallest absolute Gasteiger partial charge is 0.197 e. The van der Waals surface area contributed by atoms with E-state index in [9.17, 15) is 4.21 Å². The average molecular weight is 418 g/mol. The molecule has 0 saturated carbocycles. The third kappa shape index (κ3) is 4.59. The lowest BCUT2D eigenvalue weighted by atomic mass is 10.1. The van der Waals surface area contributed by atoms with Crippen molar-refractivity contribution in [1.29, 1.82) is 0 Å². The van der Waals surface area contributed by atoms with Gasteiger partial charge in [0.25, 0.3) is 0 Å². The summed E-state index contributed by atoms with van der Waals surface area (Å²) in [6.07, 6.45) is 3.39. The Morgan fingerprint density at radius 3 is 3.00 bits per heavy atom. The Hall–Kier alpha value is -2.45. The third-order valence-electron chi connectivity index (χ3n) is 4.76. The molecule has 0 radical (unpaired) electrons. The number of pyridine rings is 1. The van der Waals surface area contributed by atoms with Crippen molar-refractivity contribution in [3.8, 4) is 11.5 Å². The maximum absolute atomic E-state index is 12.9. The Kier molecular flexibility index (Phi) is 6.87. The first-order chi connectivity index (χ1) is 13.7. The minimum absolute atomic E-state index is 0. The number of benzene rings is 1. The molecule has 1 unspecified atom stereocenters. The Morgan fingerprint density at radius 2 is 2.17 bits per heavy atom.